The quantitative estimate of drug-likeness (QED) is 0.250. The van der Waals surface area contributed by atoms with Crippen molar-refractivity contribution >= 4 is 34.7 Å². The number of hydrogen-bond donors (Lipinski definition) is 1. The fourth-order valence-corrected chi connectivity index (χ4v) is 5.38. The van der Waals surface area contributed by atoms with Crippen molar-refractivity contribution in [2.45, 2.75) is 64.2 Å². The molecule has 1 heterocycles. The van der Waals surface area contributed by atoms with Crippen LogP contribution in [0.4, 0.5) is 0 Å². The third-order valence-electron chi connectivity index (χ3n) is 7.52. The molecule has 0 aliphatic heterocycles. The summed E-state index contributed by atoms with van der Waals surface area (Å²) in [6.45, 7) is 10.9. The van der Waals surface area contributed by atoms with Crippen LogP contribution in [0, 0.1) is 17.8 Å². The number of rotatable bonds is 10. The Labute approximate surface area is 244 Å². The Morgan fingerprint density at radius 1 is 1.12 bits per heavy atom. The summed E-state index contributed by atoms with van der Waals surface area (Å²) in [7, 11) is 2.78. The summed E-state index contributed by atoms with van der Waals surface area (Å²) < 4.78 is 27.5. The minimum Gasteiger partial charge on any atom is -0.497 e. The van der Waals surface area contributed by atoms with Crippen LogP contribution in [0.1, 0.15) is 57.4 Å². The van der Waals surface area contributed by atoms with Gasteiger partial charge in [0, 0.05) is 23.4 Å². The molecule has 2 fully saturated rings. The van der Waals surface area contributed by atoms with Gasteiger partial charge in [-0.1, -0.05) is 6.08 Å². The maximum Gasteiger partial charge on any atom is 0.356 e. The van der Waals surface area contributed by atoms with E-state index in [4.69, 9.17) is 23.7 Å². The summed E-state index contributed by atoms with van der Waals surface area (Å²) in [6, 6.07) is 6.64. The second-order valence-corrected chi connectivity index (χ2v) is 11.6. The Morgan fingerprint density at radius 3 is 2.43 bits per heavy atom. The molecule has 0 radical (unpaired) electrons. The van der Waals surface area contributed by atoms with Crippen molar-refractivity contribution in [3.63, 3.8) is 0 Å². The van der Waals surface area contributed by atoms with Gasteiger partial charge in [-0.3, -0.25) is 9.59 Å². The molecule has 1 N–H and O–H groups in total. The van der Waals surface area contributed by atoms with Crippen molar-refractivity contribution in [3.8, 4) is 11.5 Å². The molecule has 42 heavy (non-hydrogen) atoms. The Kier molecular flexibility index (Phi) is 8.79. The van der Waals surface area contributed by atoms with Crippen LogP contribution < -0.4 is 14.8 Å². The molecule has 1 amide bonds. The van der Waals surface area contributed by atoms with Crippen molar-refractivity contribution in [2.24, 2.45) is 17.8 Å². The Morgan fingerprint density at radius 2 is 1.83 bits per heavy atom. The van der Waals surface area contributed by atoms with Crippen LogP contribution in [-0.2, 0) is 28.6 Å². The molecule has 2 aliphatic carbocycles. The molecule has 2 aromatic rings. The number of fused-ring (bicyclic) bond motifs is 1. The highest BCUT2D eigenvalue weighted by Gasteiger charge is 2.62. The molecule has 1 aromatic carbocycles. The number of methoxy groups -OCH3 is 2. The monoisotopic (exact) mass is 582 g/mol. The van der Waals surface area contributed by atoms with E-state index in [2.05, 4.69) is 16.9 Å². The summed E-state index contributed by atoms with van der Waals surface area (Å²) in [5, 5.41) is 3.48. The lowest BCUT2D eigenvalue weighted by molar-refractivity contribution is -0.163. The largest absolute Gasteiger partial charge is 0.497 e. The van der Waals surface area contributed by atoms with Crippen molar-refractivity contribution in [2.75, 3.05) is 20.8 Å². The van der Waals surface area contributed by atoms with Crippen LogP contribution >= 0.6 is 0 Å². The maximum absolute atomic E-state index is 13.7. The Bertz CT molecular complexity index is 1400. The van der Waals surface area contributed by atoms with Gasteiger partial charge >= 0.3 is 17.9 Å². The smallest absolute Gasteiger partial charge is 0.356 e. The molecule has 4 rings (SSSR count). The summed E-state index contributed by atoms with van der Waals surface area (Å²) in [4.78, 5) is 56.6. The van der Waals surface area contributed by atoms with Crippen molar-refractivity contribution in [1.29, 1.82) is 0 Å². The third-order valence-corrected chi connectivity index (χ3v) is 7.52. The van der Waals surface area contributed by atoms with Crippen LogP contribution in [0.5, 0.6) is 11.5 Å². The van der Waals surface area contributed by atoms with Gasteiger partial charge in [-0.15, -0.1) is 6.58 Å². The van der Waals surface area contributed by atoms with E-state index in [1.807, 2.05) is 0 Å². The fourth-order valence-electron chi connectivity index (χ4n) is 5.38. The van der Waals surface area contributed by atoms with E-state index in [9.17, 15) is 19.2 Å². The molecule has 1 aromatic heterocycles. The first-order valence-corrected chi connectivity index (χ1v) is 13.9. The first kappa shape index (κ1) is 30.8. The van der Waals surface area contributed by atoms with Gasteiger partial charge in [0.25, 0.3) is 0 Å². The van der Waals surface area contributed by atoms with Gasteiger partial charge < -0.3 is 29.0 Å². The lowest BCUT2D eigenvalue weighted by Gasteiger charge is -2.25. The summed E-state index contributed by atoms with van der Waals surface area (Å²) >= 11 is 0. The first-order valence-electron chi connectivity index (χ1n) is 13.9. The molecule has 11 nitrogen and oxygen atoms in total. The highest BCUT2D eigenvalue weighted by atomic mass is 16.6. The van der Waals surface area contributed by atoms with Gasteiger partial charge in [-0.25, -0.2) is 14.6 Å². The van der Waals surface area contributed by atoms with E-state index in [0.29, 0.717) is 28.8 Å². The van der Waals surface area contributed by atoms with Crippen molar-refractivity contribution in [1.82, 2.24) is 10.3 Å². The second kappa shape index (κ2) is 12.0. The van der Waals surface area contributed by atoms with E-state index in [1.165, 1.54) is 20.3 Å². The number of carbonyl (C=O) groups excluding carboxylic acids is 4. The molecular formula is C31H38N2O9. The highest BCUT2D eigenvalue weighted by molar-refractivity contribution is 5.95. The highest BCUT2D eigenvalue weighted by Crippen LogP contribution is 2.47. The predicted octanol–water partition coefficient (Wildman–Crippen LogP) is 3.77. The van der Waals surface area contributed by atoms with E-state index in [1.54, 1.807) is 52.0 Å². The van der Waals surface area contributed by atoms with E-state index in [0.717, 1.165) is 0 Å². The molecule has 0 spiro atoms. The second-order valence-electron chi connectivity index (χ2n) is 11.6. The standard InChI is InChI=1S/C31H38N2O9/c1-8-17-16-31(17,29(37)40-9-2)33-26(34)21-12-19(13-22(21)27(35)42-30(3,4)5)41-25-15-24(28(36)39-7)32-23-14-18(38-6)10-11-20(23)25/h8,10-11,14-15,17,19,21-22H,1,9,12-13,16H2,2-7H3,(H,33,34)/t17-,19-,21-,22?,31-/m1/s1. The third kappa shape index (κ3) is 6.34. The Balaban J connectivity index is 1.65. The Hall–Kier alpha value is -4.15. The van der Waals surface area contributed by atoms with Crippen LogP contribution in [0.15, 0.2) is 36.9 Å². The molecule has 2 aliphatic rings. The lowest BCUT2D eigenvalue weighted by Crippen LogP contribution is -2.49. The number of ether oxygens (including phenoxy) is 5. The first-order chi connectivity index (χ1) is 19.8. The fraction of sp³-hybridized carbons (Fsp3) is 0.516. The number of nitrogens with zero attached hydrogens (tertiary/aromatic N) is 1. The zero-order valence-corrected chi connectivity index (χ0v) is 24.9. The lowest BCUT2D eigenvalue weighted by atomic mass is 9.94. The topological polar surface area (TPSA) is 139 Å². The van der Waals surface area contributed by atoms with Crippen molar-refractivity contribution < 1.29 is 42.9 Å². The van der Waals surface area contributed by atoms with E-state index < -0.39 is 52.9 Å². The van der Waals surface area contributed by atoms with Crippen LogP contribution in [0.3, 0.4) is 0 Å². The number of aromatic nitrogens is 1. The zero-order valence-electron chi connectivity index (χ0n) is 24.9. The number of pyridine rings is 1. The number of hydrogen-bond acceptors (Lipinski definition) is 10. The molecule has 0 bridgehead atoms. The SMILES string of the molecule is C=C[C@@H]1C[C@]1(NC(=O)[C@@H]1C[C@@H](Oc2cc(C(=O)OC)nc3cc(OC)ccc23)CC1C(=O)OC(C)(C)C)C(=O)OCC. The number of benzene rings is 1. The van der Waals surface area contributed by atoms with Crippen LogP contribution in [-0.4, -0.2) is 66.9 Å². The number of carbonyl (C=O) groups is 4. The maximum atomic E-state index is 13.7. The van der Waals surface area contributed by atoms with Gasteiger partial charge in [-0.2, -0.15) is 0 Å². The molecule has 0 saturated heterocycles. The van der Waals surface area contributed by atoms with E-state index in [-0.39, 0.29) is 31.1 Å². The normalized spacial score (nSPS) is 24.8. The van der Waals surface area contributed by atoms with Crippen LogP contribution in [0.2, 0.25) is 0 Å². The minimum absolute atomic E-state index is 0.0322. The summed E-state index contributed by atoms with van der Waals surface area (Å²) in [6.07, 6.45) is 1.74. The van der Waals surface area contributed by atoms with Crippen molar-refractivity contribution in [3.05, 3.63) is 42.6 Å². The molecule has 5 atom stereocenters. The predicted molar refractivity (Wildman–Crippen MR) is 152 cm³/mol. The summed E-state index contributed by atoms with van der Waals surface area (Å²) in [5.41, 5.74) is -1.50. The average Bonchev–Trinajstić information content (AvgIpc) is 3.50. The van der Waals surface area contributed by atoms with Gasteiger partial charge in [0.15, 0.2) is 5.69 Å². The van der Waals surface area contributed by atoms with Crippen LogP contribution in [0.25, 0.3) is 10.9 Å². The summed E-state index contributed by atoms with van der Waals surface area (Å²) in [5.74, 6) is -3.23. The molecule has 2 saturated carbocycles. The molecule has 226 valence electrons. The number of nitrogens with one attached hydrogen (secondary N) is 1. The van der Waals surface area contributed by atoms with E-state index >= 15 is 0 Å². The minimum atomic E-state index is -1.21. The van der Waals surface area contributed by atoms with Gasteiger partial charge in [0.05, 0.1) is 38.2 Å². The van der Waals surface area contributed by atoms with Gasteiger partial charge in [0.2, 0.25) is 5.91 Å². The number of esters is 3. The van der Waals surface area contributed by atoms with Gasteiger partial charge in [-0.05, 0) is 59.1 Å². The average molecular weight is 583 g/mol. The molecular weight excluding hydrogens is 544 g/mol. The number of amides is 1. The molecule has 11 heteroatoms. The molecule has 1 unspecified atom stereocenters. The van der Waals surface area contributed by atoms with Gasteiger partial charge in [0.1, 0.15) is 28.7 Å². The zero-order chi connectivity index (χ0) is 30.8.